The summed E-state index contributed by atoms with van der Waals surface area (Å²) in [6, 6.07) is 24.3. The predicted octanol–water partition coefficient (Wildman–Crippen LogP) is 6.42. The maximum atomic E-state index is 14.4. The number of hydrogen-bond acceptors (Lipinski definition) is 0. The third-order valence-corrected chi connectivity index (χ3v) is 5.64. The van der Waals surface area contributed by atoms with E-state index in [0.29, 0.717) is 0 Å². The molecule has 26 heavy (non-hydrogen) atoms. The number of allylic oxidation sites excluding steroid dienone is 4. The maximum absolute atomic E-state index is 14.4. The van der Waals surface area contributed by atoms with E-state index in [0.717, 1.165) is 24.0 Å². The Morgan fingerprint density at radius 2 is 1.50 bits per heavy atom. The van der Waals surface area contributed by atoms with Gasteiger partial charge in [-0.25, -0.2) is 4.39 Å². The second-order valence-corrected chi connectivity index (χ2v) is 6.99. The molecule has 0 heterocycles. The van der Waals surface area contributed by atoms with Crippen molar-refractivity contribution in [2.24, 2.45) is 0 Å². The average molecular weight is 338 g/mol. The number of benzene rings is 3. The zero-order chi connectivity index (χ0) is 17.6. The summed E-state index contributed by atoms with van der Waals surface area (Å²) in [5.74, 6) is -0.183. The minimum atomic E-state index is -0.452. The van der Waals surface area contributed by atoms with Crippen molar-refractivity contribution < 1.29 is 4.39 Å². The van der Waals surface area contributed by atoms with Gasteiger partial charge in [-0.05, 0) is 58.4 Å². The molecule has 0 nitrogen and oxygen atoms in total. The molecule has 3 aromatic rings. The number of hydrogen-bond donors (Lipinski definition) is 0. The summed E-state index contributed by atoms with van der Waals surface area (Å²) >= 11 is 0. The molecule has 5 rings (SSSR count). The number of halogens is 1. The Morgan fingerprint density at radius 3 is 2.31 bits per heavy atom. The van der Waals surface area contributed by atoms with Gasteiger partial charge in [0.15, 0.2) is 0 Å². The molecule has 0 amide bonds. The third-order valence-electron chi connectivity index (χ3n) is 5.64. The second kappa shape index (κ2) is 5.81. The van der Waals surface area contributed by atoms with Crippen LogP contribution in [0.2, 0.25) is 0 Å². The van der Waals surface area contributed by atoms with Crippen molar-refractivity contribution in [1.82, 2.24) is 0 Å². The van der Waals surface area contributed by atoms with Gasteiger partial charge in [0.2, 0.25) is 0 Å². The lowest BCUT2D eigenvalue weighted by molar-refractivity contribution is 0.621. The highest BCUT2D eigenvalue weighted by molar-refractivity contribution is 5.86. The van der Waals surface area contributed by atoms with Crippen molar-refractivity contribution in [2.75, 3.05) is 0 Å². The molecule has 0 radical (unpaired) electrons. The van der Waals surface area contributed by atoms with Crippen LogP contribution in [0.15, 0.2) is 96.6 Å². The van der Waals surface area contributed by atoms with Crippen LogP contribution in [0.3, 0.4) is 0 Å². The fraction of sp³-hybridized carbons (Fsp3) is 0.120. The van der Waals surface area contributed by atoms with Crippen LogP contribution in [0.4, 0.5) is 4.39 Å². The van der Waals surface area contributed by atoms with Gasteiger partial charge in [0.05, 0.1) is 5.41 Å². The van der Waals surface area contributed by atoms with Gasteiger partial charge in [-0.3, -0.25) is 0 Å². The lowest BCUT2D eigenvalue weighted by Gasteiger charge is -2.35. The van der Waals surface area contributed by atoms with Crippen molar-refractivity contribution in [1.29, 1.82) is 0 Å². The largest absolute Gasteiger partial charge is 0.207 e. The highest BCUT2D eigenvalue weighted by Gasteiger charge is 2.46. The van der Waals surface area contributed by atoms with Crippen LogP contribution in [0.5, 0.6) is 0 Å². The van der Waals surface area contributed by atoms with Gasteiger partial charge < -0.3 is 0 Å². The quantitative estimate of drug-likeness (QED) is 0.506. The monoisotopic (exact) mass is 338 g/mol. The lowest BCUT2D eigenvalue weighted by Crippen LogP contribution is -2.29. The van der Waals surface area contributed by atoms with E-state index < -0.39 is 5.41 Å². The highest BCUT2D eigenvalue weighted by Crippen LogP contribution is 2.56. The van der Waals surface area contributed by atoms with E-state index in [2.05, 4.69) is 66.8 Å². The van der Waals surface area contributed by atoms with Crippen LogP contribution in [0, 0.1) is 5.82 Å². The highest BCUT2D eigenvalue weighted by atomic mass is 19.1. The molecule has 1 atom stereocenters. The van der Waals surface area contributed by atoms with Gasteiger partial charge in [-0.2, -0.15) is 0 Å². The molecular weight excluding hydrogens is 319 g/mol. The standard InChI is InChI=1S/C25H19F/c26-20-15-16-22-21-13-7-8-14-23(21)25(24(22)17-20,18-9-3-1-4-10-18)19-11-5-2-6-12-19/h1,3-5,7-17H,2,6H2. The van der Waals surface area contributed by atoms with Gasteiger partial charge in [0, 0.05) is 0 Å². The first-order valence-corrected chi connectivity index (χ1v) is 9.14. The van der Waals surface area contributed by atoms with Crippen LogP contribution in [0.1, 0.15) is 29.5 Å². The van der Waals surface area contributed by atoms with Gasteiger partial charge in [0.1, 0.15) is 5.82 Å². The molecule has 0 saturated heterocycles. The van der Waals surface area contributed by atoms with Crippen molar-refractivity contribution in [2.45, 2.75) is 18.3 Å². The number of fused-ring (bicyclic) bond motifs is 3. The van der Waals surface area contributed by atoms with Crippen LogP contribution >= 0.6 is 0 Å². The van der Waals surface area contributed by atoms with Crippen molar-refractivity contribution >= 4 is 0 Å². The summed E-state index contributed by atoms with van der Waals surface area (Å²) in [5, 5.41) is 0. The zero-order valence-corrected chi connectivity index (χ0v) is 14.5. The Bertz CT molecular complexity index is 1040. The summed E-state index contributed by atoms with van der Waals surface area (Å²) in [6.07, 6.45) is 8.87. The Labute approximate surface area is 153 Å². The summed E-state index contributed by atoms with van der Waals surface area (Å²) in [5.41, 5.74) is 6.59. The van der Waals surface area contributed by atoms with Gasteiger partial charge >= 0.3 is 0 Å². The molecule has 2 aliphatic carbocycles. The fourth-order valence-corrected chi connectivity index (χ4v) is 4.62. The Balaban J connectivity index is 1.95. The van der Waals surface area contributed by atoms with E-state index in [4.69, 9.17) is 0 Å². The molecule has 0 bridgehead atoms. The summed E-state index contributed by atoms with van der Waals surface area (Å²) in [7, 11) is 0. The molecule has 2 aliphatic rings. The first kappa shape index (κ1) is 15.3. The zero-order valence-electron chi connectivity index (χ0n) is 14.5. The topological polar surface area (TPSA) is 0 Å². The molecule has 0 aromatic heterocycles. The first-order chi connectivity index (χ1) is 12.8. The Morgan fingerprint density at radius 1 is 0.731 bits per heavy atom. The normalized spacial score (nSPS) is 20.4. The molecule has 126 valence electrons. The van der Waals surface area contributed by atoms with E-state index in [1.165, 1.54) is 22.3 Å². The van der Waals surface area contributed by atoms with E-state index >= 15 is 0 Å². The molecule has 1 unspecified atom stereocenters. The minimum absolute atomic E-state index is 0.183. The van der Waals surface area contributed by atoms with Crippen LogP contribution in [-0.2, 0) is 5.41 Å². The lowest BCUT2D eigenvalue weighted by atomic mass is 9.66. The van der Waals surface area contributed by atoms with E-state index in [-0.39, 0.29) is 5.82 Å². The van der Waals surface area contributed by atoms with Gasteiger partial charge in [0.25, 0.3) is 0 Å². The summed E-state index contributed by atoms with van der Waals surface area (Å²) in [6.45, 7) is 0. The Kier molecular flexibility index (Phi) is 3.43. The van der Waals surface area contributed by atoms with E-state index in [9.17, 15) is 4.39 Å². The van der Waals surface area contributed by atoms with Crippen LogP contribution in [0.25, 0.3) is 11.1 Å². The smallest absolute Gasteiger partial charge is 0.123 e. The number of rotatable bonds is 2. The predicted molar refractivity (Wildman–Crippen MR) is 105 cm³/mol. The molecule has 0 fully saturated rings. The average Bonchev–Trinajstić information content (AvgIpc) is 3.00. The molecule has 0 spiro atoms. The summed E-state index contributed by atoms with van der Waals surface area (Å²) < 4.78 is 14.4. The summed E-state index contributed by atoms with van der Waals surface area (Å²) in [4.78, 5) is 0. The van der Waals surface area contributed by atoms with Gasteiger partial charge in [-0.1, -0.05) is 78.9 Å². The maximum Gasteiger partial charge on any atom is 0.123 e. The molecule has 0 N–H and O–H groups in total. The third kappa shape index (κ3) is 2.00. The molecular formula is C25H19F. The Hall–Kier alpha value is -2.93. The van der Waals surface area contributed by atoms with Crippen molar-refractivity contribution in [3.8, 4) is 11.1 Å². The first-order valence-electron chi connectivity index (χ1n) is 9.14. The van der Waals surface area contributed by atoms with E-state index in [1.54, 1.807) is 12.1 Å². The molecule has 0 saturated carbocycles. The molecule has 3 aromatic carbocycles. The molecule has 1 heteroatoms. The van der Waals surface area contributed by atoms with Crippen molar-refractivity contribution in [3.63, 3.8) is 0 Å². The van der Waals surface area contributed by atoms with Crippen LogP contribution < -0.4 is 0 Å². The second-order valence-electron chi connectivity index (χ2n) is 6.99. The van der Waals surface area contributed by atoms with E-state index in [1.807, 2.05) is 12.1 Å². The van der Waals surface area contributed by atoms with Crippen molar-refractivity contribution in [3.05, 3.63) is 119 Å². The molecule has 0 aliphatic heterocycles. The fourth-order valence-electron chi connectivity index (χ4n) is 4.62. The van der Waals surface area contributed by atoms with Gasteiger partial charge in [-0.15, -0.1) is 0 Å². The SMILES string of the molecule is Fc1ccc2c(c1)C(C1=CCCC=C1)(c1ccccc1)c1ccccc1-2. The van der Waals surface area contributed by atoms with Crippen LogP contribution in [-0.4, -0.2) is 0 Å². The minimum Gasteiger partial charge on any atom is -0.207 e.